The van der Waals surface area contributed by atoms with Crippen LogP contribution in [0.1, 0.15) is 16.1 Å². The monoisotopic (exact) mass is 285 g/mol. The first-order valence-electron chi connectivity index (χ1n) is 6.23. The van der Waals surface area contributed by atoms with E-state index >= 15 is 0 Å². The lowest BCUT2D eigenvalue weighted by atomic mass is 10.2. The Kier molecular flexibility index (Phi) is 3.44. The number of benzene rings is 2. The van der Waals surface area contributed by atoms with Gasteiger partial charge in [-0.3, -0.25) is 4.79 Å². The SMILES string of the molecule is O=C(NCc1cc2ccccc2o1)c1ccc(Cl)cc1. The van der Waals surface area contributed by atoms with Crippen LogP contribution in [0.15, 0.2) is 59.0 Å². The Labute approximate surface area is 121 Å². The van der Waals surface area contributed by atoms with Gasteiger partial charge in [0.15, 0.2) is 0 Å². The van der Waals surface area contributed by atoms with Crippen molar-refractivity contribution in [1.82, 2.24) is 5.32 Å². The number of halogens is 1. The van der Waals surface area contributed by atoms with Crippen LogP contribution in [0.5, 0.6) is 0 Å². The van der Waals surface area contributed by atoms with E-state index in [4.69, 9.17) is 16.0 Å². The number of furan rings is 1. The van der Waals surface area contributed by atoms with Gasteiger partial charge >= 0.3 is 0 Å². The molecule has 0 aliphatic carbocycles. The van der Waals surface area contributed by atoms with Crippen molar-refractivity contribution in [3.8, 4) is 0 Å². The minimum absolute atomic E-state index is 0.151. The van der Waals surface area contributed by atoms with Gasteiger partial charge in [-0.25, -0.2) is 0 Å². The summed E-state index contributed by atoms with van der Waals surface area (Å²) in [6.07, 6.45) is 0. The Hall–Kier alpha value is -2.26. The molecule has 0 atom stereocenters. The van der Waals surface area contributed by atoms with E-state index in [1.807, 2.05) is 30.3 Å². The van der Waals surface area contributed by atoms with Gasteiger partial charge in [0, 0.05) is 16.0 Å². The Morgan fingerprint density at radius 1 is 1.10 bits per heavy atom. The number of carbonyl (C=O) groups is 1. The molecular formula is C16H12ClNO2. The fourth-order valence-electron chi connectivity index (χ4n) is 1.99. The maximum atomic E-state index is 11.9. The summed E-state index contributed by atoms with van der Waals surface area (Å²) in [4.78, 5) is 11.9. The predicted octanol–water partition coefficient (Wildman–Crippen LogP) is 4.02. The molecule has 3 aromatic rings. The van der Waals surface area contributed by atoms with E-state index in [-0.39, 0.29) is 5.91 Å². The van der Waals surface area contributed by atoms with Crippen molar-refractivity contribution in [2.24, 2.45) is 0 Å². The summed E-state index contributed by atoms with van der Waals surface area (Å²) >= 11 is 5.79. The molecular weight excluding hydrogens is 274 g/mol. The molecule has 1 N–H and O–H groups in total. The van der Waals surface area contributed by atoms with Crippen LogP contribution in [0.3, 0.4) is 0 Å². The Morgan fingerprint density at radius 3 is 2.60 bits per heavy atom. The van der Waals surface area contributed by atoms with Gasteiger partial charge < -0.3 is 9.73 Å². The van der Waals surface area contributed by atoms with Crippen molar-refractivity contribution < 1.29 is 9.21 Å². The van der Waals surface area contributed by atoms with E-state index in [2.05, 4.69) is 5.32 Å². The van der Waals surface area contributed by atoms with Crippen molar-refractivity contribution >= 4 is 28.5 Å². The number of fused-ring (bicyclic) bond motifs is 1. The van der Waals surface area contributed by atoms with Crippen LogP contribution in [0.2, 0.25) is 5.02 Å². The minimum Gasteiger partial charge on any atom is -0.459 e. The molecule has 0 aliphatic rings. The Morgan fingerprint density at radius 2 is 1.85 bits per heavy atom. The van der Waals surface area contributed by atoms with Crippen molar-refractivity contribution in [2.75, 3.05) is 0 Å². The molecule has 100 valence electrons. The number of nitrogens with one attached hydrogen (secondary N) is 1. The van der Waals surface area contributed by atoms with Gasteiger partial charge in [-0.05, 0) is 36.4 Å². The second-order valence-corrected chi connectivity index (χ2v) is 4.88. The van der Waals surface area contributed by atoms with Crippen molar-refractivity contribution in [1.29, 1.82) is 0 Å². The molecule has 2 aromatic carbocycles. The zero-order chi connectivity index (χ0) is 13.9. The minimum atomic E-state index is -0.151. The smallest absolute Gasteiger partial charge is 0.251 e. The number of carbonyl (C=O) groups excluding carboxylic acids is 1. The molecule has 0 fully saturated rings. The first kappa shape index (κ1) is 12.8. The number of para-hydroxylation sites is 1. The predicted molar refractivity (Wildman–Crippen MR) is 78.8 cm³/mol. The number of hydrogen-bond donors (Lipinski definition) is 1. The van der Waals surface area contributed by atoms with Crippen LogP contribution in [0, 0.1) is 0 Å². The molecule has 1 aromatic heterocycles. The maximum absolute atomic E-state index is 11.9. The molecule has 0 unspecified atom stereocenters. The van der Waals surface area contributed by atoms with E-state index in [1.54, 1.807) is 24.3 Å². The molecule has 1 heterocycles. The van der Waals surface area contributed by atoms with E-state index in [9.17, 15) is 4.79 Å². The van der Waals surface area contributed by atoms with E-state index in [0.29, 0.717) is 17.1 Å². The highest BCUT2D eigenvalue weighted by Crippen LogP contribution is 2.18. The van der Waals surface area contributed by atoms with Crippen LogP contribution in [-0.4, -0.2) is 5.91 Å². The van der Waals surface area contributed by atoms with Crippen LogP contribution in [-0.2, 0) is 6.54 Å². The van der Waals surface area contributed by atoms with Crippen molar-refractivity contribution in [2.45, 2.75) is 6.54 Å². The molecule has 3 nitrogen and oxygen atoms in total. The van der Waals surface area contributed by atoms with E-state index in [0.717, 1.165) is 16.7 Å². The summed E-state index contributed by atoms with van der Waals surface area (Å²) < 4.78 is 5.64. The molecule has 0 spiro atoms. The van der Waals surface area contributed by atoms with Gasteiger partial charge in [0.05, 0.1) is 6.54 Å². The fraction of sp³-hybridized carbons (Fsp3) is 0.0625. The largest absolute Gasteiger partial charge is 0.459 e. The molecule has 4 heteroatoms. The molecule has 1 amide bonds. The van der Waals surface area contributed by atoms with Crippen molar-refractivity contribution in [3.05, 3.63) is 70.9 Å². The normalized spacial score (nSPS) is 10.7. The maximum Gasteiger partial charge on any atom is 0.251 e. The first-order chi connectivity index (χ1) is 9.72. The van der Waals surface area contributed by atoms with Gasteiger partial charge in [-0.1, -0.05) is 29.8 Å². The topological polar surface area (TPSA) is 42.2 Å². The van der Waals surface area contributed by atoms with Gasteiger partial charge in [-0.2, -0.15) is 0 Å². The second kappa shape index (κ2) is 5.39. The quantitative estimate of drug-likeness (QED) is 0.790. The van der Waals surface area contributed by atoms with Gasteiger partial charge in [-0.15, -0.1) is 0 Å². The third kappa shape index (κ3) is 2.68. The molecule has 0 radical (unpaired) electrons. The highest BCUT2D eigenvalue weighted by molar-refractivity contribution is 6.30. The summed E-state index contributed by atoms with van der Waals surface area (Å²) in [5.41, 5.74) is 1.40. The second-order valence-electron chi connectivity index (χ2n) is 4.44. The summed E-state index contributed by atoms with van der Waals surface area (Å²) in [7, 11) is 0. The van der Waals surface area contributed by atoms with Crippen LogP contribution in [0.25, 0.3) is 11.0 Å². The first-order valence-corrected chi connectivity index (χ1v) is 6.61. The zero-order valence-corrected chi connectivity index (χ0v) is 11.4. The van der Waals surface area contributed by atoms with Gasteiger partial charge in [0.2, 0.25) is 0 Å². The lowest BCUT2D eigenvalue weighted by molar-refractivity contribution is 0.0948. The Balaban J connectivity index is 1.69. The van der Waals surface area contributed by atoms with E-state index in [1.165, 1.54) is 0 Å². The van der Waals surface area contributed by atoms with Crippen LogP contribution >= 0.6 is 11.6 Å². The lowest BCUT2D eigenvalue weighted by Gasteiger charge is -2.03. The van der Waals surface area contributed by atoms with Gasteiger partial charge in [0.25, 0.3) is 5.91 Å². The highest BCUT2D eigenvalue weighted by Gasteiger charge is 2.07. The zero-order valence-electron chi connectivity index (χ0n) is 10.6. The molecule has 3 rings (SSSR count). The van der Waals surface area contributed by atoms with E-state index < -0.39 is 0 Å². The van der Waals surface area contributed by atoms with Crippen molar-refractivity contribution in [3.63, 3.8) is 0 Å². The number of amides is 1. The van der Waals surface area contributed by atoms with Gasteiger partial charge in [0.1, 0.15) is 11.3 Å². The molecule has 0 saturated heterocycles. The number of rotatable bonds is 3. The summed E-state index contributed by atoms with van der Waals surface area (Å²) in [6.45, 7) is 0.357. The number of hydrogen-bond acceptors (Lipinski definition) is 2. The summed E-state index contributed by atoms with van der Waals surface area (Å²) in [5.74, 6) is 0.579. The van der Waals surface area contributed by atoms with Crippen LogP contribution < -0.4 is 5.32 Å². The summed E-state index contributed by atoms with van der Waals surface area (Å²) in [6, 6.07) is 16.4. The lowest BCUT2D eigenvalue weighted by Crippen LogP contribution is -2.22. The third-order valence-electron chi connectivity index (χ3n) is 3.01. The van der Waals surface area contributed by atoms with Crippen LogP contribution in [0.4, 0.5) is 0 Å². The highest BCUT2D eigenvalue weighted by atomic mass is 35.5. The average Bonchev–Trinajstić information content (AvgIpc) is 2.88. The standard InChI is InChI=1S/C16H12ClNO2/c17-13-7-5-11(6-8-13)16(19)18-10-14-9-12-3-1-2-4-15(12)20-14/h1-9H,10H2,(H,18,19). The third-order valence-corrected chi connectivity index (χ3v) is 3.26. The molecule has 0 bridgehead atoms. The average molecular weight is 286 g/mol. The fourth-order valence-corrected chi connectivity index (χ4v) is 2.12. The summed E-state index contributed by atoms with van der Waals surface area (Å²) in [5, 5.41) is 4.46. The molecule has 0 saturated carbocycles. The Bertz CT molecular complexity index is 714. The molecule has 0 aliphatic heterocycles. The molecule has 20 heavy (non-hydrogen) atoms.